The summed E-state index contributed by atoms with van der Waals surface area (Å²) in [6.07, 6.45) is 5.80. The number of halogens is 3. The zero-order valence-electron chi connectivity index (χ0n) is 15.6. The van der Waals surface area contributed by atoms with Crippen molar-refractivity contribution in [2.75, 3.05) is 36.0 Å². The van der Waals surface area contributed by atoms with Crippen molar-refractivity contribution in [1.29, 1.82) is 0 Å². The lowest BCUT2D eigenvalue weighted by Crippen LogP contribution is -2.42. The molecule has 2 fully saturated rings. The molecule has 11 heteroatoms. The van der Waals surface area contributed by atoms with Crippen LogP contribution in [0.5, 0.6) is 0 Å². The van der Waals surface area contributed by atoms with Crippen molar-refractivity contribution >= 4 is 17.9 Å². The van der Waals surface area contributed by atoms with E-state index in [1.54, 1.807) is 0 Å². The molecule has 0 unspecified atom stereocenters. The molecule has 1 N–H and O–H groups in total. The Balaban J connectivity index is 0.000000298. The van der Waals surface area contributed by atoms with Crippen molar-refractivity contribution in [1.82, 2.24) is 19.9 Å². The molecule has 0 bridgehead atoms. The number of carboxylic acid groups (broad SMARTS) is 1. The molecule has 29 heavy (non-hydrogen) atoms. The maximum Gasteiger partial charge on any atom is 0.490 e. The van der Waals surface area contributed by atoms with Gasteiger partial charge in [0.1, 0.15) is 0 Å². The Morgan fingerprint density at radius 2 is 1.24 bits per heavy atom. The van der Waals surface area contributed by atoms with Crippen LogP contribution in [0.2, 0.25) is 0 Å². The third-order valence-electron chi connectivity index (χ3n) is 5.17. The van der Waals surface area contributed by atoms with Crippen LogP contribution in [-0.2, 0) is 4.79 Å². The quantitative estimate of drug-likeness (QED) is 0.807. The highest BCUT2D eigenvalue weighted by Crippen LogP contribution is 2.41. The fourth-order valence-corrected chi connectivity index (χ4v) is 3.60. The van der Waals surface area contributed by atoms with E-state index in [4.69, 9.17) is 9.90 Å². The van der Waals surface area contributed by atoms with E-state index in [2.05, 4.69) is 29.7 Å². The first-order valence-corrected chi connectivity index (χ1v) is 9.13. The standard InChI is InChI=1S/C16H20N6.C2HF3O2/c1-6-17-14(18-7-1)21-10-3-16(4-11-21)5-12-22(13-16)15-19-8-2-9-20-15;3-2(4,5)1(6)7/h1-2,6-9H,3-5,10-13H2;(H,6,7). The molecule has 2 saturated heterocycles. The molecule has 2 aliphatic rings. The van der Waals surface area contributed by atoms with Gasteiger partial charge >= 0.3 is 12.1 Å². The van der Waals surface area contributed by atoms with E-state index in [1.807, 2.05) is 36.9 Å². The fourth-order valence-electron chi connectivity index (χ4n) is 3.60. The number of aliphatic carboxylic acids is 1. The lowest BCUT2D eigenvalue weighted by Gasteiger charge is -2.39. The summed E-state index contributed by atoms with van der Waals surface area (Å²) in [5.41, 5.74) is 0.407. The second-order valence-corrected chi connectivity index (χ2v) is 7.06. The molecule has 0 atom stereocenters. The van der Waals surface area contributed by atoms with Crippen LogP contribution < -0.4 is 9.80 Å². The van der Waals surface area contributed by atoms with Gasteiger partial charge in [0.2, 0.25) is 11.9 Å². The normalized spacial score (nSPS) is 18.3. The smallest absolute Gasteiger partial charge is 0.475 e. The lowest BCUT2D eigenvalue weighted by molar-refractivity contribution is -0.192. The first-order chi connectivity index (χ1) is 13.8. The van der Waals surface area contributed by atoms with Gasteiger partial charge in [0.05, 0.1) is 0 Å². The molecule has 0 aliphatic carbocycles. The summed E-state index contributed by atoms with van der Waals surface area (Å²) in [7, 11) is 0. The molecule has 2 aromatic rings. The third kappa shape index (κ3) is 5.30. The first kappa shape index (κ1) is 20.7. The van der Waals surface area contributed by atoms with Gasteiger partial charge in [-0.3, -0.25) is 0 Å². The van der Waals surface area contributed by atoms with Crippen LogP contribution >= 0.6 is 0 Å². The van der Waals surface area contributed by atoms with E-state index in [0.29, 0.717) is 5.41 Å². The number of nitrogens with zero attached hydrogens (tertiary/aromatic N) is 6. The van der Waals surface area contributed by atoms with Crippen molar-refractivity contribution in [3.8, 4) is 0 Å². The number of anilines is 2. The van der Waals surface area contributed by atoms with Gasteiger partial charge in [0, 0.05) is 51.0 Å². The number of hydrogen-bond acceptors (Lipinski definition) is 7. The highest BCUT2D eigenvalue weighted by atomic mass is 19.4. The highest BCUT2D eigenvalue weighted by molar-refractivity contribution is 5.73. The Labute approximate surface area is 165 Å². The maximum atomic E-state index is 10.6. The van der Waals surface area contributed by atoms with Crippen LogP contribution in [0.15, 0.2) is 36.9 Å². The van der Waals surface area contributed by atoms with Crippen molar-refractivity contribution in [2.45, 2.75) is 25.4 Å². The summed E-state index contributed by atoms with van der Waals surface area (Å²) in [5.74, 6) is -1.03. The van der Waals surface area contributed by atoms with E-state index < -0.39 is 12.1 Å². The lowest BCUT2D eigenvalue weighted by atomic mass is 9.78. The van der Waals surface area contributed by atoms with Crippen molar-refractivity contribution in [3.05, 3.63) is 36.9 Å². The number of carboxylic acids is 1. The van der Waals surface area contributed by atoms with E-state index in [1.165, 1.54) is 19.3 Å². The predicted octanol–water partition coefficient (Wildman–Crippen LogP) is 2.40. The van der Waals surface area contributed by atoms with Gasteiger partial charge in [-0.15, -0.1) is 0 Å². The van der Waals surface area contributed by atoms with Gasteiger partial charge in [0.25, 0.3) is 0 Å². The number of carbonyl (C=O) groups is 1. The molecular weight excluding hydrogens is 389 g/mol. The fraction of sp³-hybridized carbons (Fsp3) is 0.500. The topological polar surface area (TPSA) is 95.3 Å². The van der Waals surface area contributed by atoms with E-state index in [9.17, 15) is 13.2 Å². The minimum atomic E-state index is -5.08. The van der Waals surface area contributed by atoms with E-state index >= 15 is 0 Å². The summed E-state index contributed by atoms with van der Waals surface area (Å²) in [4.78, 5) is 31.0. The van der Waals surface area contributed by atoms with Gasteiger partial charge < -0.3 is 14.9 Å². The van der Waals surface area contributed by atoms with Crippen molar-refractivity contribution < 1.29 is 23.1 Å². The van der Waals surface area contributed by atoms with Crippen molar-refractivity contribution in [2.24, 2.45) is 5.41 Å². The van der Waals surface area contributed by atoms with Crippen LogP contribution in [0.1, 0.15) is 19.3 Å². The molecule has 2 aromatic heterocycles. The predicted molar refractivity (Wildman–Crippen MR) is 98.5 cm³/mol. The number of aromatic nitrogens is 4. The third-order valence-corrected chi connectivity index (χ3v) is 5.17. The van der Waals surface area contributed by atoms with Crippen LogP contribution in [0.3, 0.4) is 0 Å². The Morgan fingerprint density at radius 1 is 0.862 bits per heavy atom. The van der Waals surface area contributed by atoms with Gasteiger partial charge in [-0.2, -0.15) is 13.2 Å². The second kappa shape index (κ2) is 8.58. The van der Waals surface area contributed by atoms with Crippen LogP contribution in [0, 0.1) is 5.41 Å². The SMILES string of the molecule is O=C(O)C(F)(F)F.c1cnc(N2CCC3(CC2)CCN(c2ncccn2)C3)nc1. The minimum absolute atomic E-state index is 0.407. The van der Waals surface area contributed by atoms with Crippen LogP contribution in [0.25, 0.3) is 0 Å². The molecule has 8 nitrogen and oxygen atoms in total. The molecule has 0 aromatic carbocycles. The molecule has 0 saturated carbocycles. The number of alkyl halides is 3. The summed E-state index contributed by atoms with van der Waals surface area (Å²) >= 11 is 0. The van der Waals surface area contributed by atoms with Crippen LogP contribution in [0.4, 0.5) is 25.1 Å². The summed E-state index contributed by atoms with van der Waals surface area (Å²) in [6.45, 7) is 4.20. The molecule has 156 valence electrons. The molecule has 0 radical (unpaired) electrons. The van der Waals surface area contributed by atoms with Gasteiger partial charge in [-0.1, -0.05) is 0 Å². The molecule has 4 heterocycles. The average molecular weight is 410 g/mol. The molecule has 0 amide bonds. The minimum Gasteiger partial charge on any atom is -0.475 e. The number of piperidine rings is 1. The maximum absolute atomic E-state index is 10.6. The van der Waals surface area contributed by atoms with Gasteiger partial charge in [-0.05, 0) is 36.8 Å². The largest absolute Gasteiger partial charge is 0.490 e. The molecular formula is C18H21F3N6O2. The summed E-state index contributed by atoms with van der Waals surface area (Å²) in [6, 6.07) is 3.73. The number of rotatable bonds is 2. The second-order valence-electron chi connectivity index (χ2n) is 7.06. The monoisotopic (exact) mass is 410 g/mol. The zero-order valence-corrected chi connectivity index (χ0v) is 15.6. The Hall–Kier alpha value is -2.98. The summed E-state index contributed by atoms with van der Waals surface area (Å²) in [5, 5.41) is 7.12. The van der Waals surface area contributed by atoms with E-state index in [-0.39, 0.29) is 0 Å². The zero-order chi connectivity index (χ0) is 20.9. The Morgan fingerprint density at radius 3 is 1.66 bits per heavy atom. The van der Waals surface area contributed by atoms with Gasteiger partial charge in [0.15, 0.2) is 0 Å². The molecule has 2 aliphatic heterocycles. The summed E-state index contributed by atoms with van der Waals surface area (Å²) < 4.78 is 31.7. The van der Waals surface area contributed by atoms with Crippen LogP contribution in [-0.4, -0.2) is 63.4 Å². The molecule has 1 spiro atoms. The Bertz CT molecular complexity index is 798. The Kier molecular flexibility index (Phi) is 6.14. The highest BCUT2D eigenvalue weighted by Gasteiger charge is 2.41. The average Bonchev–Trinajstić information content (AvgIpc) is 3.13. The first-order valence-electron chi connectivity index (χ1n) is 9.13. The number of hydrogen-bond donors (Lipinski definition) is 1. The van der Waals surface area contributed by atoms with E-state index in [0.717, 1.165) is 38.1 Å². The van der Waals surface area contributed by atoms with Gasteiger partial charge in [-0.25, -0.2) is 24.7 Å². The molecule has 4 rings (SSSR count). The van der Waals surface area contributed by atoms with Crippen molar-refractivity contribution in [3.63, 3.8) is 0 Å².